The second-order valence-electron chi connectivity index (χ2n) is 19.9. The topological polar surface area (TPSA) is 78.9 Å². The molecule has 0 bridgehead atoms. The number of hydrogen-bond acceptors (Lipinski definition) is 6. The van der Waals surface area contributed by atoms with Gasteiger partial charge in [-0.2, -0.15) is 0 Å². The van der Waals surface area contributed by atoms with E-state index in [1.54, 1.807) is 0 Å². The third kappa shape index (κ3) is 58.7. The molecule has 6 nitrogen and oxygen atoms in total. The van der Waals surface area contributed by atoms with Crippen molar-refractivity contribution in [3.05, 3.63) is 122 Å². The van der Waals surface area contributed by atoms with E-state index in [4.69, 9.17) is 14.2 Å². The van der Waals surface area contributed by atoms with Gasteiger partial charge in [0.1, 0.15) is 13.2 Å². The van der Waals surface area contributed by atoms with Gasteiger partial charge >= 0.3 is 17.9 Å². The molecule has 0 aromatic carbocycles. The molecule has 1 atom stereocenters. The van der Waals surface area contributed by atoms with Crippen LogP contribution in [0.15, 0.2) is 122 Å². The highest BCUT2D eigenvalue weighted by Crippen LogP contribution is 2.15. The molecule has 0 aliphatic rings. The predicted molar refractivity (Wildman–Crippen MR) is 320 cm³/mol. The second-order valence-corrected chi connectivity index (χ2v) is 19.9. The Hall–Kier alpha value is -4.19. The number of ether oxygens (including phenoxy) is 3. The van der Waals surface area contributed by atoms with E-state index in [1.807, 2.05) is 0 Å². The smallest absolute Gasteiger partial charge is 0.306 e. The van der Waals surface area contributed by atoms with Crippen molar-refractivity contribution in [2.75, 3.05) is 13.2 Å². The van der Waals surface area contributed by atoms with Crippen LogP contribution in [0.1, 0.15) is 271 Å². The highest BCUT2D eigenvalue weighted by atomic mass is 16.6. The maximum Gasteiger partial charge on any atom is 0.306 e. The molecule has 0 aromatic heterocycles. The molecular weight excluding hydrogens is 913 g/mol. The molecule has 420 valence electrons. The Labute approximate surface area is 456 Å². The van der Waals surface area contributed by atoms with Gasteiger partial charge in [-0.15, -0.1) is 0 Å². The molecule has 74 heavy (non-hydrogen) atoms. The fraction of sp³-hybridized carbons (Fsp3) is 0.662. The molecule has 0 radical (unpaired) electrons. The molecule has 0 rings (SSSR count). The van der Waals surface area contributed by atoms with E-state index in [1.165, 1.54) is 109 Å². The molecule has 1 unspecified atom stereocenters. The van der Waals surface area contributed by atoms with Gasteiger partial charge in [-0.3, -0.25) is 14.4 Å². The van der Waals surface area contributed by atoms with Crippen molar-refractivity contribution in [1.82, 2.24) is 0 Å². The van der Waals surface area contributed by atoms with E-state index in [2.05, 4.69) is 142 Å². The lowest BCUT2D eigenvalue weighted by Crippen LogP contribution is -2.30. The molecule has 0 N–H and O–H groups in total. The average molecular weight is 1030 g/mol. The number of hydrogen-bond donors (Lipinski definition) is 0. The number of carbonyl (C=O) groups is 3. The van der Waals surface area contributed by atoms with Gasteiger partial charge in [0.05, 0.1) is 0 Å². The van der Waals surface area contributed by atoms with Crippen LogP contribution < -0.4 is 0 Å². The van der Waals surface area contributed by atoms with Crippen LogP contribution in [0.5, 0.6) is 0 Å². The summed E-state index contributed by atoms with van der Waals surface area (Å²) in [5, 5.41) is 0. The Morgan fingerprint density at radius 1 is 0.284 bits per heavy atom. The van der Waals surface area contributed by atoms with Crippen LogP contribution in [-0.4, -0.2) is 37.2 Å². The monoisotopic (exact) mass is 1020 g/mol. The van der Waals surface area contributed by atoms with Crippen molar-refractivity contribution in [3.63, 3.8) is 0 Å². The van der Waals surface area contributed by atoms with Crippen LogP contribution in [0.4, 0.5) is 0 Å². The fourth-order valence-corrected chi connectivity index (χ4v) is 8.14. The van der Waals surface area contributed by atoms with Gasteiger partial charge in [-0.25, -0.2) is 0 Å². The maximum absolute atomic E-state index is 12.8. The summed E-state index contributed by atoms with van der Waals surface area (Å²) in [4.78, 5) is 38.1. The fourth-order valence-electron chi connectivity index (χ4n) is 8.14. The minimum Gasteiger partial charge on any atom is -0.462 e. The number of esters is 3. The van der Waals surface area contributed by atoms with Crippen LogP contribution in [-0.2, 0) is 28.6 Å². The Morgan fingerprint density at radius 2 is 0.541 bits per heavy atom. The summed E-state index contributed by atoms with van der Waals surface area (Å²) < 4.78 is 16.8. The SMILES string of the molecule is CC/C=C\C/C=C\C/C=C\C/C=C\C/C=C\C/C=C\C/C=C\C/C=C\C/C=C\CCCC(=O)OCC(COC(=O)CCCCCCC/C=C\CCCCCC)OC(=O)CCCCCCCCCCCCCCCC. The van der Waals surface area contributed by atoms with Gasteiger partial charge in [0.15, 0.2) is 6.10 Å². The normalized spacial score (nSPS) is 13.0. The first kappa shape index (κ1) is 69.8. The number of carbonyl (C=O) groups excluding carboxylic acids is 3. The minimum atomic E-state index is -0.806. The van der Waals surface area contributed by atoms with Gasteiger partial charge in [-0.1, -0.05) is 264 Å². The highest BCUT2D eigenvalue weighted by Gasteiger charge is 2.19. The summed E-state index contributed by atoms with van der Waals surface area (Å²) in [6.07, 6.45) is 84.9. The Kier molecular flexibility index (Phi) is 57.9. The summed E-state index contributed by atoms with van der Waals surface area (Å²) in [6, 6.07) is 0. The van der Waals surface area contributed by atoms with E-state index >= 15 is 0 Å². The van der Waals surface area contributed by atoms with Crippen molar-refractivity contribution in [2.45, 2.75) is 277 Å². The summed E-state index contributed by atoms with van der Waals surface area (Å²) in [5.41, 5.74) is 0. The molecule has 0 saturated heterocycles. The molecule has 0 aliphatic heterocycles. The molecule has 0 aliphatic carbocycles. The van der Waals surface area contributed by atoms with E-state index in [-0.39, 0.29) is 37.5 Å². The van der Waals surface area contributed by atoms with Gasteiger partial charge in [-0.05, 0) is 109 Å². The first-order valence-electron chi connectivity index (χ1n) is 30.5. The summed E-state index contributed by atoms with van der Waals surface area (Å²) >= 11 is 0. The quantitative estimate of drug-likeness (QED) is 0.0261. The van der Waals surface area contributed by atoms with E-state index in [0.29, 0.717) is 19.3 Å². The molecule has 0 aromatic rings. The number of allylic oxidation sites excluding steroid dienone is 20. The highest BCUT2D eigenvalue weighted by molar-refractivity contribution is 5.71. The summed E-state index contributed by atoms with van der Waals surface area (Å²) in [6.45, 7) is 6.46. The van der Waals surface area contributed by atoms with Crippen molar-refractivity contribution in [1.29, 1.82) is 0 Å². The maximum atomic E-state index is 12.8. The predicted octanol–water partition coefficient (Wildman–Crippen LogP) is 20.8. The Balaban J connectivity index is 4.41. The van der Waals surface area contributed by atoms with Crippen molar-refractivity contribution in [2.24, 2.45) is 0 Å². The number of unbranched alkanes of at least 4 members (excludes halogenated alkanes) is 23. The van der Waals surface area contributed by atoms with E-state index in [0.717, 1.165) is 116 Å². The number of rotatable bonds is 54. The second kappa shape index (κ2) is 61.4. The van der Waals surface area contributed by atoms with Crippen molar-refractivity contribution in [3.8, 4) is 0 Å². The Bertz CT molecular complexity index is 1550. The van der Waals surface area contributed by atoms with Gasteiger partial charge in [0.25, 0.3) is 0 Å². The minimum absolute atomic E-state index is 0.100. The van der Waals surface area contributed by atoms with Crippen molar-refractivity contribution >= 4 is 17.9 Å². The van der Waals surface area contributed by atoms with Gasteiger partial charge in [0, 0.05) is 19.3 Å². The van der Waals surface area contributed by atoms with Crippen molar-refractivity contribution < 1.29 is 28.6 Å². The van der Waals surface area contributed by atoms with Crippen LogP contribution in [0, 0.1) is 0 Å². The molecule has 0 fully saturated rings. The third-order valence-electron chi connectivity index (χ3n) is 12.7. The van der Waals surface area contributed by atoms with Gasteiger partial charge < -0.3 is 14.2 Å². The molecule has 0 amide bonds. The lowest BCUT2D eigenvalue weighted by molar-refractivity contribution is -0.167. The zero-order chi connectivity index (χ0) is 53.6. The molecule has 0 saturated carbocycles. The molecular formula is C68H112O6. The van der Waals surface area contributed by atoms with E-state index in [9.17, 15) is 14.4 Å². The molecule has 6 heteroatoms. The summed E-state index contributed by atoms with van der Waals surface area (Å²) in [5.74, 6) is -0.968. The third-order valence-corrected chi connectivity index (χ3v) is 12.7. The first-order valence-corrected chi connectivity index (χ1v) is 30.5. The first-order chi connectivity index (χ1) is 36.5. The largest absolute Gasteiger partial charge is 0.462 e. The van der Waals surface area contributed by atoms with Crippen LogP contribution in [0.3, 0.4) is 0 Å². The Morgan fingerprint density at radius 3 is 0.905 bits per heavy atom. The van der Waals surface area contributed by atoms with Crippen LogP contribution in [0.2, 0.25) is 0 Å². The summed E-state index contributed by atoms with van der Waals surface area (Å²) in [7, 11) is 0. The zero-order valence-corrected chi connectivity index (χ0v) is 48.1. The van der Waals surface area contributed by atoms with Crippen LogP contribution in [0.25, 0.3) is 0 Å². The lowest BCUT2D eigenvalue weighted by atomic mass is 10.0. The van der Waals surface area contributed by atoms with Crippen LogP contribution >= 0.6 is 0 Å². The average Bonchev–Trinajstić information content (AvgIpc) is 3.40. The lowest BCUT2D eigenvalue weighted by Gasteiger charge is -2.18. The van der Waals surface area contributed by atoms with E-state index < -0.39 is 6.10 Å². The van der Waals surface area contributed by atoms with Gasteiger partial charge in [0.2, 0.25) is 0 Å². The zero-order valence-electron chi connectivity index (χ0n) is 48.1. The molecule has 0 spiro atoms. The molecule has 0 heterocycles. The standard InChI is InChI=1S/C68H112O6/c1-4-7-10-13-16-19-22-25-27-28-29-30-31-32-33-34-35-36-37-38-39-40-41-44-46-49-52-55-58-61-67(70)73-64-65(63-72-66(69)60-57-54-51-48-45-42-24-21-18-15-12-9-6-3)74-68(71)62-59-56-53-50-47-43-26-23-20-17-14-11-8-5-2/h7,10,16,19,21,24-25,27,29-30,32-33,35-36,38-39,41,44,49,52,65H,4-6,8-9,11-15,17-18,20,22-23,26,28,31,34,37,40,42-43,45-48,50-51,53-64H2,1-3H3/b10-7-,19-16-,24-21-,27-25-,30-29-,33-32-,36-35-,39-38-,44-41-,52-49-.